The molecule has 0 spiro atoms. The number of rotatable bonds is 10. The minimum Gasteiger partial charge on any atom is -0.494 e. The third kappa shape index (κ3) is 6.37. The molecule has 2 aromatic rings. The zero-order valence-corrected chi connectivity index (χ0v) is 20.0. The molecule has 0 aliphatic carbocycles. The van der Waals surface area contributed by atoms with Crippen LogP contribution in [0.25, 0.3) is 0 Å². The third-order valence-electron chi connectivity index (χ3n) is 4.66. The molecule has 1 atom stereocenters. The molecule has 0 heterocycles. The van der Waals surface area contributed by atoms with E-state index < -0.39 is 27.8 Å². The van der Waals surface area contributed by atoms with Gasteiger partial charge in [-0.25, -0.2) is 8.42 Å². The lowest BCUT2D eigenvalue weighted by atomic mass is 10.1. The Labute approximate surface area is 193 Å². The van der Waals surface area contributed by atoms with Crippen molar-refractivity contribution < 1.29 is 27.5 Å². The molecule has 1 amide bonds. The molecule has 8 nitrogen and oxygen atoms in total. The van der Waals surface area contributed by atoms with Crippen LogP contribution in [0.1, 0.15) is 31.1 Å². The third-order valence-corrected chi connectivity index (χ3v) is 6.37. The van der Waals surface area contributed by atoms with E-state index >= 15 is 0 Å². The Morgan fingerprint density at radius 3 is 2.34 bits per heavy atom. The number of nitrogens with zero attached hydrogens (tertiary/aromatic N) is 1. The molecule has 1 N–H and O–H groups in total. The molecule has 0 bridgehead atoms. The van der Waals surface area contributed by atoms with Crippen molar-refractivity contribution in [3.8, 4) is 5.75 Å². The van der Waals surface area contributed by atoms with Crippen LogP contribution in [0.3, 0.4) is 0 Å². The molecule has 0 saturated heterocycles. The molecule has 0 radical (unpaired) electrons. The molecule has 10 heteroatoms. The predicted octanol–water partition coefficient (Wildman–Crippen LogP) is 3.81. The van der Waals surface area contributed by atoms with Crippen molar-refractivity contribution in [2.75, 3.05) is 31.5 Å². The Hall–Kier alpha value is -2.78. The molecule has 0 fully saturated rings. The van der Waals surface area contributed by atoms with Crippen LogP contribution in [0.2, 0.25) is 5.02 Å². The predicted molar refractivity (Wildman–Crippen MR) is 123 cm³/mol. The zero-order chi connectivity index (χ0) is 23.9. The van der Waals surface area contributed by atoms with Crippen LogP contribution in [0.4, 0.5) is 5.69 Å². The van der Waals surface area contributed by atoms with Crippen LogP contribution in [0.5, 0.6) is 5.75 Å². The van der Waals surface area contributed by atoms with Crippen LogP contribution in [-0.2, 0) is 19.6 Å². The highest BCUT2D eigenvalue weighted by Crippen LogP contribution is 2.25. The Morgan fingerprint density at radius 1 is 1.12 bits per heavy atom. The fraction of sp³-hybridized carbons (Fsp3) is 0.364. The Balaban J connectivity index is 2.28. The van der Waals surface area contributed by atoms with E-state index in [0.717, 1.165) is 0 Å². The van der Waals surface area contributed by atoms with Crippen molar-refractivity contribution in [1.29, 1.82) is 0 Å². The number of hydrogen-bond donors (Lipinski definition) is 1. The van der Waals surface area contributed by atoms with Crippen molar-refractivity contribution in [3.63, 3.8) is 0 Å². The van der Waals surface area contributed by atoms with Crippen LogP contribution >= 0.6 is 11.6 Å². The Kier molecular flexibility index (Phi) is 8.91. The highest BCUT2D eigenvalue weighted by molar-refractivity contribution is 7.92. The van der Waals surface area contributed by atoms with Gasteiger partial charge in [0, 0.05) is 18.8 Å². The minimum atomic E-state index is -3.98. The maximum Gasteiger partial charge on any atom is 0.310 e. The first-order valence-corrected chi connectivity index (χ1v) is 11.9. The maximum absolute atomic E-state index is 13.0. The van der Waals surface area contributed by atoms with E-state index in [1.54, 1.807) is 38.1 Å². The summed E-state index contributed by atoms with van der Waals surface area (Å²) in [6.45, 7) is 6.16. The average Bonchev–Trinajstić information content (AvgIpc) is 2.77. The average molecular weight is 483 g/mol. The second kappa shape index (κ2) is 11.2. The lowest BCUT2D eigenvalue weighted by Crippen LogP contribution is -2.37. The summed E-state index contributed by atoms with van der Waals surface area (Å²) in [7, 11) is -2.70. The standard InChI is InChI=1S/C22H27ClN2O6S/c1-5-25(14-15(3)22(27)30-4)21(26)19-13-18(11-12-20(19)23)32(28,29)24-16-7-9-17(10-8-16)31-6-2/h7-13,15,24H,5-6,14H2,1-4H3. The van der Waals surface area contributed by atoms with Gasteiger partial charge in [0.05, 0.1) is 35.1 Å². The van der Waals surface area contributed by atoms with Crippen molar-refractivity contribution in [2.24, 2.45) is 5.92 Å². The number of carbonyl (C=O) groups is 2. The minimum absolute atomic E-state index is 0.0279. The van der Waals surface area contributed by atoms with Crippen molar-refractivity contribution in [1.82, 2.24) is 4.90 Å². The second-order valence-corrected chi connectivity index (χ2v) is 9.06. The van der Waals surface area contributed by atoms with E-state index in [0.29, 0.717) is 24.6 Å². The van der Waals surface area contributed by atoms with Gasteiger partial charge in [0.2, 0.25) is 0 Å². The van der Waals surface area contributed by atoms with Gasteiger partial charge in [0.1, 0.15) is 5.75 Å². The molecular weight excluding hydrogens is 456 g/mol. The Morgan fingerprint density at radius 2 is 1.78 bits per heavy atom. The number of benzene rings is 2. The van der Waals surface area contributed by atoms with Crippen molar-refractivity contribution >= 4 is 39.2 Å². The summed E-state index contributed by atoms with van der Waals surface area (Å²) >= 11 is 6.21. The number of sulfonamides is 1. The lowest BCUT2D eigenvalue weighted by molar-refractivity contribution is -0.145. The molecule has 0 aliphatic rings. The number of nitrogens with one attached hydrogen (secondary N) is 1. The topological polar surface area (TPSA) is 102 Å². The number of amides is 1. The number of methoxy groups -OCH3 is 1. The van der Waals surface area contributed by atoms with E-state index in [-0.39, 0.29) is 22.0 Å². The molecule has 1 unspecified atom stereocenters. The lowest BCUT2D eigenvalue weighted by Gasteiger charge is -2.24. The molecule has 174 valence electrons. The van der Waals surface area contributed by atoms with Gasteiger partial charge < -0.3 is 14.4 Å². The van der Waals surface area contributed by atoms with E-state index in [4.69, 9.17) is 21.1 Å². The Bertz CT molecular complexity index is 1060. The van der Waals surface area contributed by atoms with Crippen LogP contribution < -0.4 is 9.46 Å². The monoisotopic (exact) mass is 482 g/mol. The summed E-state index contributed by atoms with van der Waals surface area (Å²) in [4.78, 5) is 26.1. The summed E-state index contributed by atoms with van der Waals surface area (Å²) in [5.74, 6) is -0.851. The summed E-state index contributed by atoms with van der Waals surface area (Å²) < 4.78 is 38.3. The summed E-state index contributed by atoms with van der Waals surface area (Å²) in [6, 6.07) is 10.4. The zero-order valence-electron chi connectivity index (χ0n) is 18.4. The summed E-state index contributed by atoms with van der Waals surface area (Å²) in [5.41, 5.74) is 0.374. The maximum atomic E-state index is 13.0. The number of esters is 1. The summed E-state index contributed by atoms with van der Waals surface area (Å²) in [5, 5.41) is 0.110. The molecule has 32 heavy (non-hydrogen) atoms. The van der Waals surface area contributed by atoms with E-state index in [9.17, 15) is 18.0 Å². The fourth-order valence-electron chi connectivity index (χ4n) is 2.97. The van der Waals surface area contributed by atoms with Crippen LogP contribution in [0.15, 0.2) is 47.4 Å². The van der Waals surface area contributed by atoms with Crippen LogP contribution in [-0.4, -0.2) is 52.0 Å². The first kappa shape index (κ1) is 25.5. The summed E-state index contributed by atoms with van der Waals surface area (Å²) in [6.07, 6.45) is 0. The van der Waals surface area contributed by atoms with Gasteiger partial charge in [-0.2, -0.15) is 0 Å². The number of halogens is 1. The second-order valence-electron chi connectivity index (χ2n) is 6.97. The van der Waals surface area contributed by atoms with Gasteiger partial charge in [-0.05, 0) is 56.3 Å². The molecule has 0 aliphatic heterocycles. The SMILES string of the molecule is CCOc1ccc(NS(=O)(=O)c2ccc(Cl)c(C(=O)N(CC)CC(C)C(=O)OC)c2)cc1. The largest absolute Gasteiger partial charge is 0.494 e. The molecule has 0 aromatic heterocycles. The van der Waals surface area contributed by atoms with E-state index in [1.807, 2.05) is 6.92 Å². The van der Waals surface area contributed by atoms with Crippen molar-refractivity contribution in [2.45, 2.75) is 25.7 Å². The fourth-order valence-corrected chi connectivity index (χ4v) is 4.25. The van der Waals surface area contributed by atoms with E-state index in [2.05, 4.69) is 4.72 Å². The number of ether oxygens (including phenoxy) is 2. The van der Waals surface area contributed by atoms with Gasteiger partial charge in [-0.3, -0.25) is 14.3 Å². The first-order valence-electron chi connectivity index (χ1n) is 10.0. The van der Waals surface area contributed by atoms with Gasteiger partial charge >= 0.3 is 5.97 Å². The number of anilines is 1. The van der Waals surface area contributed by atoms with Gasteiger partial charge in [-0.15, -0.1) is 0 Å². The molecule has 0 saturated carbocycles. The highest BCUT2D eigenvalue weighted by atomic mass is 35.5. The van der Waals surface area contributed by atoms with Crippen molar-refractivity contribution in [3.05, 3.63) is 53.1 Å². The van der Waals surface area contributed by atoms with E-state index in [1.165, 1.54) is 30.2 Å². The smallest absolute Gasteiger partial charge is 0.310 e. The quantitative estimate of drug-likeness (QED) is 0.516. The normalized spacial score (nSPS) is 12.0. The molecular formula is C22H27ClN2O6S. The van der Waals surface area contributed by atoms with Gasteiger partial charge in [0.15, 0.2) is 0 Å². The van der Waals surface area contributed by atoms with Gasteiger partial charge in [-0.1, -0.05) is 18.5 Å². The molecule has 2 aromatic carbocycles. The first-order chi connectivity index (χ1) is 15.1. The number of carbonyl (C=O) groups excluding carboxylic acids is 2. The molecule has 2 rings (SSSR count). The highest BCUT2D eigenvalue weighted by Gasteiger charge is 2.25. The van der Waals surface area contributed by atoms with Crippen LogP contribution in [0, 0.1) is 5.92 Å². The number of hydrogen-bond acceptors (Lipinski definition) is 6. The van der Waals surface area contributed by atoms with Gasteiger partial charge in [0.25, 0.3) is 15.9 Å².